The molecule has 36 heavy (non-hydrogen) atoms. The predicted molar refractivity (Wildman–Crippen MR) is 145 cm³/mol. The van der Waals surface area contributed by atoms with Gasteiger partial charge in [-0.3, -0.25) is 14.6 Å². The molecule has 1 aliphatic rings. The van der Waals surface area contributed by atoms with E-state index < -0.39 is 0 Å². The highest BCUT2D eigenvalue weighted by Gasteiger charge is 2.22. The van der Waals surface area contributed by atoms with Gasteiger partial charge in [0, 0.05) is 48.3 Å². The summed E-state index contributed by atoms with van der Waals surface area (Å²) < 4.78 is 0. The van der Waals surface area contributed by atoms with Gasteiger partial charge < -0.3 is 15.5 Å². The van der Waals surface area contributed by atoms with Crippen LogP contribution < -0.4 is 15.5 Å². The SMILES string of the molecule is O=C(NCCc1ccccc1Cl)c1ccc2c(c1)CNCCCCCCCN2C(=O)c1cccnc1. The second-order valence-electron chi connectivity index (χ2n) is 9.08. The van der Waals surface area contributed by atoms with Gasteiger partial charge in [0.2, 0.25) is 0 Å². The van der Waals surface area contributed by atoms with Gasteiger partial charge in [0.1, 0.15) is 0 Å². The number of carbonyl (C=O) groups is 2. The van der Waals surface area contributed by atoms with Crippen molar-refractivity contribution >= 4 is 29.1 Å². The minimum absolute atomic E-state index is 0.0710. The number of carbonyl (C=O) groups excluding carboxylic acids is 2. The number of nitrogens with one attached hydrogen (secondary N) is 2. The highest BCUT2D eigenvalue weighted by atomic mass is 35.5. The lowest BCUT2D eigenvalue weighted by molar-refractivity contribution is 0.0953. The van der Waals surface area contributed by atoms with Crippen molar-refractivity contribution in [2.45, 2.75) is 45.1 Å². The van der Waals surface area contributed by atoms with Gasteiger partial charge in [0.25, 0.3) is 11.8 Å². The number of hydrogen-bond acceptors (Lipinski definition) is 4. The molecule has 0 radical (unpaired) electrons. The van der Waals surface area contributed by atoms with Gasteiger partial charge in [-0.2, -0.15) is 0 Å². The summed E-state index contributed by atoms with van der Waals surface area (Å²) in [6.45, 7) is 2.62. The van der Waals surface area contributed by atoms with Gasteiger partial charge in [-0.15, -0.1) is 0 Å². The van der Waals surface area contributed by atoms with Gasteiger partial charge in [-0.25, -0.2) is 0 Å². The molecule has 1 aliphatic heterocycles. The number of rotatable bonds is 5. The van der Waals surface area contributed by atoms with E-state index in [1.165, 1.54) is 6.42 Å². The monoisotopic (exact) mass is 504 g/mol. The second-order valence-corrected chi connectivity index (χ2v) is 9.49. The lowest BCUT2D eigenvalue weighted by Crippen LogP contribution is -2.34. The third-order valence-corrected chi connectivity index (χ3v) is 6.84. The lowest BCUT2D eigenvalue weighted by Gasteiger charge is -2.26. The molecule has 2 N–H and O–H groups in total. The smallest absolute Gasteiger partial charge is 0.259 e. The molecule has 2 aromatic carbocycles. The molecule has 0 unspecified atom stereocenters. The summed E-state index contributed by atoms with van der Waals surface area (Å²) in [7, 11) is 0. The largest absolute Gasteiger partial charge is 0.352 e. The van der Waals surface area contributed by atoms with Crippen LogP contribution in [-0.4, -0.2) is 36.4 Å². The van der Waals surface area contributed by atoms with Crippen LogP contribution in [0.2, 0.25) is 5.02 Å². The fraction of sp³-hybridized carbons (Fsp3) is 0.345. The van der Waals surface area contributed by atoms with E-state index in [0.717, 1.165) is 49.0 Å². The Bertz CT molecular complexity index is 1170. The van der Waals surface area contributed by atoms with E-state index in [9.17, 15) is 9.59 Å². The molecule has 2 heterocycles. The maximum Gasteiger partial charge on any atom is 0.259 e. The molecule has 6 nitrogen and oxygen atoms in total. The normalized spacial score (nSPS) is 14.8. The van der Waals surface area contributed by atoms with Crippen LogP contribution in [0.4, 0.5) is 5.69 Å². The highest BCUT2D eigenvalue weighted by Crippen LogP contribution is 2.26. The van der Waals surface area contributed by atoms with Gasteiger partial charge in [-0.1, -0.05) is 49.1 Å². The third-order valence-electron chi connectivity index (χ3n) is 6.47. The van der Waals surface area contributed by atoms with E-state index in [4.69, 9.17) is 11.6 Å². The first-order chi connectivity index (χ1) is 17.6. The molecule has 188 valence electrons. The maximum absolute atomic E-state index is 13.5. The molecule has 0 aliphatic carbocycles. The molecule has 0 saturated heterocycles. The Morgan fingerprint density at radius 1 is 0.972 bits per heavy atom. The van der Waals surface area contributed by atoms with Crippen LogP contribution in [0.25, 0.3) is 0 Å². The number of pyridine rings is 1. The standard InChI is InChI=1S/C29H33ClN4O2/c30-26-11-5-4-9-22(26)14-17-33-28(35)23-12-13-27-25(19-23)21-31-15-6-2-1-3-7-18-34(27)29(36)24-10-8-16-32-20-24/h4-5,8-13,16,19-20,31H,1-3,6-7,14-15,17-18,21H2,(H,33,35). The number of fused-ring (bicyclic) bond motifs is 1. The fourth-order valence-corrected chi connectivity index (χ4v) is 4.73. The van der Waals surface area contributed by atoms with Crippen LogP contribution in [0.1, 0.15) is 63.9 Å². The first-order valence-corrected chi connectivity index (χ1v) is 13.1. The van der Waals surface area contributed by atoms with Crippen LogP contribution in [0.15, 0.2) is 67.0 Å². The Hall–Kier alpha value is -3.22. The topological polar surface area (TPSA) is 74.3 Å². The van der Waals surface area contributed by atoms with Crippen molar-refractivity contribution in [2.24, 2.45) is 0 Å². The van der Waals surface area contributed by atoms with Crippen molar-refractivity contribution in [3.8, 4) is 0 Å². The lowest BCUT2D eigenvalue weighted by atomic mass is 10.0. The molecule has 2 amide bonds. The molecule has 0 fully saturated rings. The summed E-state index contributed by atoms with van der Waals surface area (Å²) in [5, 5.41) is 7.21. The van der Waals surface area contributed by atoms with Crippen molar-refractivity contribution < 1.29 is 9.59 Å². The predicted octanol–water partition coefficient (Wildman–Crippen LogP) is 5.41. The van der Waals surface area contributed by atoms with Crippen molar-refractivity contribution in [3.05, 3.63) is 94.3 Å². The molecule has 0 bridgehead atoms. The first kappa shape index (κ1) is 25.9. The van der Waals surface area contributed by atoms with E-state index in [1.807, 2.05) is 41.3 Å². The van der Waals surface area contributed by atoms with Crippen LogP contribution >= 0.6 is 11.6 Å². The van der Waals surface area contributed by atoms with Crippen molar-refractivity contribution in [3.63, 3.8) is 0 Å². The minimum atomic E-state index is -0.138. The highest BCUT2D eigenvalue weighted by molar-refractivity contribution is 6.31. The van der Waals surface area contributed by atoms with Crippen LogP contribution in [-0.2, 0) is 13.0 Å². The molecule has 0 atom stereocenters. The Balaban J connectivity index is 1.55. The summed E-state index contributed by atoms with van der Waals surface area (Å²) in [6.07, 6.45) is 9.41. The van der Waals surface area contributed by atoms with Crippen LogP contribution in [0.3, 0.4) is 0 Å². The Kier molecular flexibility index (Phi) is 9.47. The van der Waals surface area contributed by atoms with Gasteiger partial charge in [0.15, 0.2) is 0 Å². The number of amides is 2. The number of aromatic nitrogens is 1. The second kappa shape index (κ2) is 13.2. The van der Waals surface area contributed by atoms with Crippen molar-refractivity contribution in [2.75, 3.05) is 24.5 Å². The summed E-state index contributed by atoms with van der Waals surface area (Å²) in [4.78, 5) is 32.4. The molecular formula is C29H33ClN4O2. The van der Waals surface area contributed by atoms with Crippen LogP contribution in [0.5, 0.6) is 0 Å². The summed E-state index contributed by atoms with van der Waals surface area (Å²) in [6, 6.07) is 16.9. The zero-order valence-electron chi connectivity index (χ0n) is 20.5. The van der Waals surface area contributed by atoms with E-state index in [0.29, 0.717) is 42.2 Å². The van der Waals surface area contributed by atoms with Crippen molar-refractivity contribution in [1.29, 1.82) is 0 Å². The van der Waals surface area contributed by atoms with E-state index in [-0.39, 0.29) is 11.8 Å². The number of nitrogens with zero attached hydrogens (tertiary/aromatic N) is 2. The molecule has 0 spiro atoms. The molecular weight excluding hydrogens is 472 g/mol. The number of halogens is 1. The Morgan fingerprint density at radius 3 is 2.64 bits per heavy atom. The zero-order valence-corrected chi connectivity index (χ0v) is 21.3. The minimum Gasteiger partial charge on any atom is -0.352 e. The fourth-order valence-electron chi connectivity index (χ4n) is 4.50. The van der Waals surface area contributed by atoms with Gasteiger partial charge >= 0.3 is 0 Å². The number of anilines is 1. The molecule has 4 rings (SSSR count). The van der Waals surface area contributed by atoms with Crippen molar-refractivity contribution in [1.82, 2.24) is 15.6 Å². The van der Waals surface area contributed by atoms with Gasteiger partial charge in [-0.05, 0) is 73.3 Å². The van der Waals surface area contributed by atoms with Gasteiger partial charge in [0.05, 0.1) is 5.56 Å². The third kappa shape index (κ3) is 6.93. The van der Waals surface area contributed by atoms with E-state index >= 15 is 0 Å². The first-order valence-electron chi connectivity index (χ1n) is 12.7. The maximum atomic E-state index is 13.5. The molecule has 7 heteroatoms. The summed E-state index contributed by atoms with van der Waals surface area (Å²) >= 11 is 6.24. The molecule has 3 aromatic rings. The number of hydrogen-bond donors (Lipinski definition) is 2. The zero-order chi connectivity index (χ0) is 25.2. The van der Waals surface area contributed by atoms with E-state index in [2.05, 4.69) is 15.6 Å². The summed E-state index contributed by atoms with van der Waals surface area (Å²) in [5.74, 6) is -0.209. The average Bonchev–Trinajstić information content (AvgIpc) is 2.90. The quantitative estimate of drug-likeness (QED) is 0.487. The van der Waals surface area contributed by atoms with E-state index in [1.54, 1.807) is 30.6 Å². The molecule has 0 saturated carbocycles. The van der Waals surface area contributed by atoms with Crippen LogP contribution in [0, 0.1) is 0 Å². The Morgan fingerprint density at radius 2 is 1.81 bits per heavy atom. The molecule has 1 aromatic heterocycles. The summed E-state index contributed by atoms with van der Waals surface area (Å²) in [5.41, 5.74) is 3.92. The Labute approximate surface area is 218 Å². The number of benzene rings is 2. The average molecular weight is 505 g/mol.